The highest BCUT2D eigenvalue weighted by molar-refractivity contribution is 8.13. The van der Waals surface area contributed by atoms with E-state index in [1.54, 1.807) is 20.9 Å². The van der Waals surface area contributed by atoms with E-state index in [0.717, 1.165) is 5.56 Å². The summed E-state index contributed by atoms with van der Waals surface area (Å²) in [5.74, 6) is -0.267. The van der Waals surface area contributed by atoms with Crippen LogP contribution < -0.4 is 0 Å². The first-order valence-electron chi connectivity index (χ1n) is 8.12. The molecule has 7 nitrogen and oxygen atoms in total. The van der Waals surface area contributed by atoms with Gasteiger partial charge in [0.05, 0.1) is 13.0 Å². The molecular formula is C17H25N3O4S2. The van der Waals surface area contributed by atoms with E-state index in [0.29, 0.717) is 24.7 Å². The minimum atomic E-state index is -0.586. The van der Waals surface area contributed by atoms with Crippen molar-refractivity contribution in [1.29, 1.82) is 0 Å². The molecule has 9 heteroatoms. The molecule has 1 rings (SSSR count). The number of carbonyl (C=O) groups excluding carboxylic acids is 2. The molecule has 144 valence electrons. The summed E-state index contributed by atoms with van der Waals surface area (Å²) in [4.78, 5) is 28.6. The number of hydrogen-bond donors (Lipinski definition) is 0. The Morgan fingerprint density at radius 2 is 1.92 bits per heavy atom. The van der Waals surface area contributed by atoms with Gasteiger partial charge in [-0.1, -0.05) is 35.5 Å². The fraction of sp³-hybridized carbons (Fsp3) is 0.471. The maximum Gasteiger partial charge on any atom is 0.446 e. The van der Waals surface area contributed by atoms with Gasteiger partial charge in [0.15, 0.2) is 0 Å². The van der Waals surface area contributed by atoms with Gasteiger partial charge in [-0.2, -0.15) is 0 Å². The number of ether oxygens (including phenoxy) is 1. The molecule has 0 fully saturated rings. The highest BCUT2D eigenvalue weighted by Crippen LogP contribution is 2.20. The SMILES string of the molecule is CCOC(=O)CCN(Cc1ccccc1)SN(C)C(=O)O/N=C(/C)SC. The van der Waals surface area contributed by atoms with Gasteiger partial charge in [0.2, 0.25) is 0 Å². The molecule has 0 bridgehead atoms. The van der Waals surface area contributed by atoms with Crippen molar-refractivity contribution in [2.45, 2.75) is 26.8 Å². The number of esters is 1. The first kappa shape index (κ1) is 22.3. The second-order valence-electron chi connectivity index (χ2n) is 5.15. The normalized spacial score (nSPS) is 11.3. The summed E-state index contributed by atoms with van der Waals surface area (Å²) in [6, 6.07) is 9.81. The molecule has 0 saturated carbocycles. The second kappa shape index (κ2) is 12.6. The Balaban J connectivity index is 2.67. The number of rotatable bonds is 9. The Bertz CT molecular complexity index is 599. The Morgan fingerprint density at radius 1 is 1.23 bits per heavy atom. The van der Waals surface area contributed by atoms with Gasteiger partial charge in [0, 0.05) is 32.3 Å². The van der Waals surface area contributed by atoms with Gasteiger partial charge in [-0.15, -0.1) is 11.8 Å². The summed E-state index contributed by atoms with van der Waals surface area (Å²) in [5.41, 5.74) is 1.07. The van der Waals surface area contributed by atoms with Crippen LogP contribution in [0.5, 0.6) is 0 Å². The van der Waals surface area contributed by atoms with Crippen LogP contribution in [0.15, 0.2) is 35.5 Å². The van der Waals surface area contributed by atoms with Crippen molar-refractivity contribution in [3.8, 4) is 0 Å². The third kappa shape index (κ3) is 9.12. The largest absolute Gasteiger partial charge is 0.466 e. The van der Waals surface area contributed by atoms with Crippen molar-refractivity contribution in [2.24, 2.45) is 5.16 Å². The molecule has 1 aromatic carbocycles. The maximum absolute atomic E-state index is 12.0. The van der Waals surface area contributed by atoms with E-state index in [2.05, 4.69) is 5.16 Å². The molecule has 0 aliphatic carbocycles. The van der Waals surface area contributed by atoms with Crippen molar-refractivity contribution >= 4 is 41.0 Å². The van der Waals surface area contributed by atoms with E-state index in [1.807, 2.05) is 40.9 Å². The predicted octanol–water partition coefficient (Wildman–Crippen LogP) is 3.77. The molecule has 0 heterocycles. The highest BCUT2D eigenvalue weighted by atomic mass is 32.2. The molecule has 0 spiro atoms. The lowest BCUT2D eigenvalue weighted by Crippen LogP contribution is -2.28. The molecule has 26 heavy (non-hydrogen) atoms. The highest BCUT2D eigenvalue weighted by Gasteiger charge is 2.18. The lowest BCUT2D eigenvalue weighted by molar-refractivity contribution is -0.143. The minimum absolute atomic E-state index is 0.236. The van der Waals surface area contributed by atoms with Crippen LogP contribution in [0, 0.1) is 0 Å². The zero-order chi connectivity index (χ0) is 19.4. The first-order chi connectivity index (χ1) is 12.5. The van der Waals surface area contributed by atoms with E-state index in [4.69, 9.17) is 9.57 Å². The fourth-order valence-electron chi connectivity index (χ4n) is 1.79. The summed E-state index contributed by atoms with van der Waals surface area (Å²) in [5, 5.41) is 4.39. The van der Waals surface area contributed by atoms with Gasteiger partial charge < -0.3 is 4.74 Å². The van der Waals surface area contributed by atoms with Crippen LogP contribution in [0.3, 0.4) is 0 Å². The molecule has 0 N–H and O–H groups in total. The Hall–Kier alpha value is -1.71. The van der Waals surface area contributed by atoms with Gasteiger partial charge in [0.1, 0.15) is 5.04 Å². The second-order valence-corrected chi connectivity index (χ2v) is 7.38. The van der Waals surface area contributed by atoms with Gasteiger partial charge in [-0.25, -0.2) is 13.4 Å². The van der Waals surface area contributed by atoms with E-state index in [9.17, 15) is 9.59 Å². The van der Waals surface area contributed by atoms with Crippen molar-refractivity contribution in [3.05, 3.63) is 35.9 Å². The summed E-state index contributed by atoms with van der Waals surface area (Å²) < 4.78 is 8.21. The minimum Gasteiger partial charge on any atom is -0.466 e. The first-order valence-corrected chi connectivity index (χ1v) is 10.1. The van der Waals surface area contributed by atoms with E-state index < -0.39 is 6.09 Å². The number of carbonyl (C=O) groups is 2. The zero-order valence-corrected chi connectivity index (χ0v) is 17.1. The maximum atomic E-state index is 12.0. The Kier molecular flexibility index (Phi) is 10.8. The summed E-state index contributed by atoms with van der Waals surface area (Å²) in [6.07, 6.45) is 1.50. The quantitative estimate of drug-likeness (QED) is 0.156. The molecule has 0 radical (unpaired) electrons. The smallest absolute Gasteiger partial charge is 0.446 e. The summed E-state index contributed by atoms with van der Waals surface area (Å²) in [6.45, 7) is 4.88. The van der Waals surface area contributed by atoms with Gasteiger partial charge >= 0.3 is 12.1 Å². The Labute approximate surface area is 163 Å². The summed E-state index contributed by atoms with van der Waals surface area (Å²) >= 11 is 2.57. The lowest BCUT2D eigenvalue weighted by Gasteiger charge is -2.24. The number of benzene rings is 1. The molecule has 0 aromatic heterocycles. The Morgan fingerprint density at radius 3 is 2.54 bits per heavy atom. The van der Waals surface area contributed by atoms with Crippen molar-refractivity contribution in [1.82, 2.24) is 8.61 Å². The molecule has 0 atom stereocenters. The van der Waals surface area contributed by atoms with Gasteiger partial charge in [0.25, 0.3) is 0 Å². The third-order valence-electron chi connectivity index (χ3n) is 3.12. The number of amides is 1. The average molecular weight is 400 g/mol. The average Bonchev–Trinajstić information content (AvgIpc) is 2.64. The van der Waals surface area contributed by atoms with Crippen LogP contribution in [0.4, 0.5) is 4.79 Å². The molecule has 1 aromatic rings. The fourth-order valence-corrected chi connectivity index (χ4v) is 2.73. The molecule has 0 saturated heterocycles. The monoisotopic (exact) mass is 399 g/mol. The molecular weight excluding hydrogens is 374 g/mol. The van der Waals surface area contributed by atoms with E-state index in [-0.39, 0.29) is 12.4 Å². The van der Waals surface area contributed by atoms with Gasteiger partial charge in [-0.05, 0) is 25.7 Å². The van der Waals surface area contributed by atoms with Crippen LogP contribution in [0.25, 0.3) is 0 Å². The van der Waals surface area contributed by atoms with Crippen LogP contribution in [0.2, 0.25) is 0 Å². The van der Waals surface area contributed by atoms with E-state index >= 15 is 0 Å². The topological polar surface area (TPSA) is 71.4 Å². The molecule has 0 unspecified atom stereocenters. The molecule has 0 aliphatic heterocycles. The van der Waals surface area contributed by atoms with Crippen LogP contribution >= 0.6 is 23.9 Å². The molecule has 0 aliphatic rings. The standard InChI is InChI=1S/C17H25N3O4S2/c1-5-23-16(21)11-12-20(13-15-9-7-6-8-10-15)26-19(3)17(22)24-18-14(2)25-4/h6-10H,5,11-13H2,1-4H3/b18-14-. The predicted molar refractivity (Wildman–Crippen MR) is 107 cm³/mol. The number of hydrogen-bond acceptors (Lipinski definition) is 8. The third-order valence-corrected chi connectivity index (χ3v) is 4.72. The van der Waals surface area contributed by atoms with Crippen LogP contribution in [-0.2, 0) is 20.9 Å². The number of nitrogens with zero attached hydrogens (tertiary/aromatic N) is 3. The van der Waals surface area contributed by atoms with Crippen molar-refractivity contribution in [3.63, 3.8) is 0 Å². The molecule has 1 amide bonds. The number of oxime groups is 1. The van der Waals surface area contributed by atoms with Crippen LogP contribution in [-0.4, -0.2) is 52.2 Å². The van der Waals surface area contributed by atoms with Crippen molar-refractivity contribution in [2.75, 3.05) is 26.5 Å². The van der Waals surface area contributed by atoms with Crippen molar-refractivity contribution < 1.29 is 19.2 Å². The van der Waals surface area contributed by atoms with Gasteiger partial charge in [-0.3, -0.25) is 9.63 Å². The van der Waals surface area contributed by atoms with E-state index in [1.165, 1.54) is 28.2 Å². The lowest BCUT2D eigenvalue weighted by atomic mass is 10.2. The summed E-state index contributed by atoms with van der Waals surface area (Å²) in [7, 11) is 1.60. The number of thioether (sulfide) groups is 1. The van der Waals surface area contributed by atoms with Crippen LogP contribution in [0.1, 0.15) is 25.8 Å². The zero-order valence-electron chi connectivity index (χ0n) is 15.5.